The van der Waals surface area contributed by atoms with Gasteiger partial charge in [-0.2, -0.15) is 0 Å². The van der Waals surface area contributed by atoms with Crippen LogP contribution in [-0.4, -0.2) is 36.8 Å². The fraction of sp³-hybridized carbons (Fsp3) is 0.129. The predicted octanol–water partition coefficient (Wildman–Crippen LogP) is 5.78. The molecule has 0 aliphatic carbocycles. The molecule has 2 N–H and O–H groups in total. The molecule has 10 heteroatoms. The van der Waals surface area contributed by atoms with Crippen LogP contribution in [0.25, 0.3) is 27.6 Å². The minimum Gasteiger partial charge on any atom is -0.495 e. The first-order chi connectivity index (χ1) is 19.9. The lowest BCUT2D eigenvalue weighted by atomic mass is 9.95. The molecule has 0 saturated heterocycles. The second-order valence-electron chi connectivity index (χ2n) is 8.99. The molecule has 0 fully saturated rings. The van der Waals surface area contributed by atoms with Crippen molar-refractivity contribution < 1.29 is 23.7 Å². The van der Waals surface area contributed by atoms with Crippen molar-refractivity contribution in [2.75, 3.05) is 27.1 Å². The van der Waals surface area contributed by atoms with E-state index in [4.69, 9.17) is 24.7 Å². The third-order valence-corrected chi connectivity index (χ3v) is 7.36. The van der Waals surface area contributed by atoms with Gasteiger partial charge in [0, 0.05) is 29.3 Å². The van der Waals surface area contributed by atoms with Crippen molar-refractivity contribution in [2.24, 2.45) is 0 Å². The molecule has 9 nitrogen and oxygen atoms in total. The smallest absolute Gasteiger partial charge is 0.355 e. The Morgan fingerprint density at radius 3 is 2.17 bits per heavy atom. The molecule has 2 heterocycles. The zero-order chi connectivity index (χ0) is 29.1. The van der Waals surface area contributed by atoms with Crippen molar-refractivity contribution in [3.05, 3.63) is 105 Å². The fourth-order valence-electron chi connectivity index (χ4n) is 4.58. The van der Waals surface area contributed by atoms with Crippen LogP contribution < -0.4 is 25.5 Å². The summed E-state index contributed by atoms with van der Waals surface area (Å²) in [5.41, 5.74) is 8.43. The Labute approximate surface area is 244 Å². The zero-order valence-electron chi connectivity index (χ0n) is 22.5. The lowest BCUT2D eigenvalue weighted by molar-refractivity contribution is 0.0591. The number of rotatable bonds is 8. The van der Waals surface area contributed by atoms with Gasteiger partial charge in [-0.25, -0.2) is 4.79 Å². The number of aromatic nitrogens is 2. The maximum atomic E-state index is 14.2. The van der Waals surface area contributed by atoms with E-state index in [2.05, 4.69) is 20.9 Å². The van der Waals surface area contributed by atoms with Crippen molar-refractivity contribution in [1.82, 2.24) is 9.55 Å². The van der Waals surface area contributed by atoms with Crippen molar-refractivity contribution >= 4 is 38.4 Å². The number of pyridine rings is 2. The SMILES string of the molecule is COC(=O)c1c(-c2cc(OC)c(Br)c(OC)c2)c2ccc(OCc3ccncc3)cc2c(=O)n1-c1ccc(N)cc1. The highest BCUT2D eigenvalue weighted by atomic mass is 79.9. The minimum atomic E-state index is -0.699. The number of halogens is 1. The Morgan fingerprint density at radius 1 is 0.902 bits per heavy atom. The number of nitrogens with two attached hydrogens (primary N) is 1. The van der Waals surface area contributed by atoms with Gasteiger partial charge in [0.15, 0.2) is 0 Å². The van der Waals surface area contributed by atoms with Crippen molar-refractivity contribution in [3.63, 3.8) is 0 Å². The molecule has 0 atom stereocenters. The van der Waals surface area contributed by atoms with Gasteiger partial charge in [-0.05, 0) is 99.2 Å². The van der Waals surface area contributed by atoms with E-state index < -0.39 is 11.5 Å². The highest BCUT2D eigenvalue weighted by Gasteiger charge is 2.27. The van der Waals surface area contributed by atoms with Gasteiger partial charge < -0.3 is 24.7 Å². The zero-order valence-corrected chi connectivity index (χ0v) is 24.1. The van der Waals surface area contributed by atoms with E-state index in [1.54, 1.807) is 67.0 Å². The predicted molar refractivity (Wildman–Crippen MR) is 160 cm³/mol. The first-order valence-corrected chi connectivity index (χ1v) is 13.3. The van der Waals surface area contributed by atoms with E-state index in [0.717, 1.165) is 5.56 Å². The third-order valence-electron chi connectivity index (χ3n) is 6.57. The molecule has 5 aromatic rings. The van der Waals surface area contributed by atoms with Crippen LogP contribution in [0.2, 0.25) is 0 Å². The van der Waals surface area contributed by atoms with E-state index in [0.29, 0.717) is 55.0 Å². The molecule has 2 aromatic heterocycles. The third kappa shape index (κ3) is 5.33. The number of hydrogen-bond donors (Lipinski definition) is 1. The molecule has 0 saturated carbocycles. The van der Waals surface area contributed by atoms with Crippen LogP contribution in [0.5, 0.6) is 17.2 Å². The lowest BCUT2D eigenvalue weighted by Gasteiger charge is -2.20. The van der Waals surface area contributed by atoms with Crippen LogP contribution in [0.4, 0.5) is 5.69 Å². The molecular weight excluding hydrogens is 590 g/mol. The number of fused-ring (bicyclic) bond motifs is 1. The molecule has 0 spiro atoms. The Hall–Kier alpha value is -4.83. The number of hydrogen-bond acceptors (Lipinski definition) is 8. The molecule has 3 aromatic carbocycles. The first-order valence-electron chi connectivity index (χ1n) is 12.5. The highest BCUT2D eigenvalue weighted by Crippen LogP contribution is 2.42. The Morgan fingerprint density at radius 2 is 1.56 bits per heavy atom. The largest absolute Gasteiger partial charge is 0.495 e. The van der Waals surface area contributed by atoms with E-state index in [1.165, 1.54) is 25.9 Å². The van der Waals surface area contributed by atoms with E-state index in [9.17, 15) is 9.59 Å². The fourth-order valence-corrected chi connectivity index (χ4v) is 5.13. The van der Waals surface area contributed by atoms with Gasteiger partial charge >= 0.3 is 5.97 Å². The van der Waals surface area contributed by atoms with E-state index in [-0.39, 0.29) is 12.3 Å². The number of benzene rings is 3. The number of esters is 1. The lowest BCUT2D eigenvalue weighted by Crippen LogP contribution is -2.27. The van der Waals surface area contributed by atoms with Crippen LogP contribution in [0.15, 0.2) is 88.4 Å². The average Bonchev–Trinajstić information content (AvgIpc) is 3.01. The summed E-state index contributed by atoms with van der Waals surface area (Å²) >= 11 is 3.51. The van der Waals surface area contributed by atoms with Gasteiger partial charge in [-0.15, -0.1) is 0 Å². The van der Waals surface area contributed by atoms with Crippen LogP contribution in [0, 0.1) is 0 Å². The van der Waals surface area contributed by atoms with Gasteiger partial charge in [0.2, 0.25) is 0 Å². The van der Waals surface area contributed by atoms with Crippen LogP contribution in [0.1, 0.15) is 16.1 Å². The molecule has 0 bridgehead atoms. The number of carbonyl (C=O) groups is 1. The van der Waals surface area contributed by atoms with Crippen molar-refractivity contribution in [1.29, 1.82) is 0 Å². The van der Waals surface area contributed by atoms with Crippen LogP contribution >= 0.6 is 15.9 Å². The average molecular weight is 616 g/mol. The van der Waals surface area contributed by atoms with Crippen molar-refractivity contribution in [3.8, 4) is 34.1 Å². The quantitative estimate of drug-likeness (QED) is 0.172. The second-order valence-corrected chi connectivity index (χ2v) is 9.79. The molecule has 0 aliphatic heterocycles. The monoisotopic (exact) mass is 615 g/mol. The summed E-state index contributed by atoms with van der Waals surface area (Å²) in [5.74, 6) is 0.740. The van der Waals surface area contributed by atoms with Crippen LogP contribution in [-0.2, 0) is 11.3 Å². The normalized spacial score (nSPS) is 10.8. The number of methoxy groups -OCH3 is 3. The summed E-state index contributed by atoms with van der Waals surface area (Å²) in [7, 11) is 4.33. The van der Waals surface area contributed by atoms with Gasteiger partial charge in [0.05, 0.1) is 26.7 Å². The number of nitrogen functional groups attached to an aromatic ring is 1. The second kappa shape index (κ2) is 11.7. The summed E-state index contributed by atoms with van der Waals surface area (Å²) in [6, 6.07) is 19.1. The highest BCUT2D eigenvalue weighted by molar-refractivity contribution is 9.10. The topological polar surface area (TPSA) is 115 Å². The molecule has 0 unspecified atom stereocenters. The molecule has 0 aliphatic rings. The molecule has 0 radical (unpaired) electrons. The van der Waals surface area contributed by atoms with Crippen LogP contribution in [0.3, 0.4) is 0 Å². The summed E-state index contributed by atoms with van der Waals surface area (Å²) in [4.78, 5) is 31.7. The van der Waals surface area contributed by atoms with Gasteiger partial charge in [-0.1, -0.05) is 0 Å². The number of anilines is 1. The molecular formula is C31H26BrN3O6. The van der Waals surface area contributed by atoms with E-state index in [1.807, 2.05) is 12.1 Å². The maximum Gasteiger partial charge on any atom is 0.355 e. The minimum absolute atomic E-state index is 0.0339. The number of carbonyl (C=O) groups excluding carboxylic acids is 1. The summed E-state index contributed by atoms with van der Waals surface area (Å²) in [6.07, 6.45) is 3.37. The Kier molecular flexibility index (Phi) is 7.93. The Bertz CT molecular complexity index is 1780. The maximum absolute atomic E-state index is 14.2. The number of ether oxygens (including phenoxy) is 4. The summed E-state index contributed by atoms with van der Waals surface area (Å²) < 4.78 is 24.3. The Balaban J connectivity index is 1.84. The van der Waals surface area contributed by atoms with E-state index >= 15 is 0 Å². The molecule has 5 rings (SSSR count). The van der Waals surface area contributed by atoms with Crippen molar-refractivity contribution in [2.45, 2.75) is 6.61 Å². The standard InChI is InChI=1S/C31H26BrN3O6/c1-38-25-14-19(15-26(39-2)28(25)32)27-23-9-8-22(41-17-18-10-12-34-13-11-18)16-24(23)30(36)35(29(27)31(37)40-3)21-6-4-20(33)5-7-21/h4-16H,17,33H2,1-3H3. The molecule has 0 amide bonds. The van der Waals surface area contributed by atoms with Gasteiger partial charge in [-0.3, -0.25) is 14.3 Å². The molecule has 208 valence electrons. The molecule has 41 heavy (non-hydrogen) atoms. The first kappa shape index (κ1) is 27.7. The summed E-state index contributed by atoms with van der Waals surface area (Å²) in [6.45, 7) is 0.286. The van der Waals surface area contributed by atoms with Gasteiger partial charge in [0.1, 0.15) is 34.0 Å². The number of nitrogens with zero attached hydrogens (tertiary/aromatic N) is 2. The summed E-state index contributed by atoms with van der Waals surface area (Å²) in [5, 5.41) is 0.849. The van der Waals surface area contributed by atoms with Gasteiger partial charge in [0.25, 0.3) is 5.56 Å².